The minimum Gasteiger partial charge on any atom is -0.478 e. The molecule has 182 valence electrons. The molecular weight excluding hydrogens is 456 g/mol. The number of aryl methyl sites for hydroxylation is 1. The van der Waals surface area contributed by atoms with Crippen LogP contribution in [-0.2, 0) is 16.6 Å². The first-order chi connectivity index (χ1) is 15.7. The van der Waals surface area contributed by atoms with E-state index in [1.165, 1.54) is 7.05 Å². The minimum atomic E-state index is -2.96. The molecular formula is C23H30ClF2N3O4. The first-order valence-corrected chi connectivity index (χ1v) is 11.3. The van der Waals surface area contributed by atoms with Crippen LogP contribution in [0, 0.1) is 6.92 Å². The molecule has 1 amide bonds. The number of carbonyl (C=O) groups excluding carboxylic acids is 2. The van der Waals surface area contributed by atoms with Gasteiger partial charge in [0, 0.05) is 18.3 Å². The highest BCUT2D eigenvalue weighted by Gasteiger charge is 2.28. The molecule has 0 spiro atoms. The fraction of sp³-hybridized carbons (Fsp3) is 0.522. The van der Waals surface area contributed by atoms with E-state index in [9.17, 15) is 18.4 Å². The van der Waals surface area contributed by atoms with Gasteiger partial charge in [0.15, 0.2) is 6.10 Å². The molecule has 0 fully saturated rings. The molecule has 1 heterocycles. The number of rotatable bonds is 12. The maximum absolute atomic E-state index is 13.3. The fourth-order valence-corrected chi connectivity index (χ4v) is 3.54. The Balaban J connectivity index is 2.23. The van der Waals surface area contributed by atoms with Crippen molar-refractivity contribution in [2.45, 2.75) is 65.4 Å². The lowest BCUT2D eigenvalue weighted by atomic mass is 10.1. The summed E-state index contributed by atoms with van der Waals surface area (Å²) in [5, 5.41) is 6.03. The SMILES string of the molecule is CCCCCCC(Oc1cccc(NC(=O)c2c(C(F)F)nn(C)c2Cl)c1C)C(=O)OCC. The molecule has 0 bridgehead atoms. The molecule has 2 aromatic rings. The first-order valence-electron chi connectivity index (χ1n) is 11.0. The van der Waals surface area contributed by atoms with Gasteiger partial charge < -0.3 is 14.8 Å². The summed E-state index contributed by atoms with van der Waals surface area (Å²) < 4.78 is 38.8. The number of carbonyl (C=O) groups is 2. The van der Waals surface area contributed by atoms with Crippen molar-refractivity contribution in [2.75, 3.05) is 11.9 Å². The summed E-state index contributed by atoms with van der Waals surface area (Å²) in [7, 11) is 1.38. The van der Waals surface area contributed by atoms with Crippen molar-refractivity contribution in [3.63, 3.8) is 0 Å². The second-order valence-electron chi connectivity index (χ2n) is 7.57. The van der Waals surface area contributed by atoms with Crippen LogP contribution in [0.2, 0.25) is 5.15 Å². The molecule has 0 aliphatic rings. The summed E-state index contributed by atoms with van der Waals surface area (Å²) in [6, 6.07) is 4.91. The van der Waals surface area contributed by atoms with Crippen LogP contribution in [0.4, 0.5) is 14.5 Å². The van der Waals surface area contributed by atoms with Crippen LogP contribution in [0.25, 0.3) is 0 Å². The van der Waals surface area contributed by atoms with Crippen molar-refractivity contribution in [3.8, 4) is 5.75 Å². The van der Waals surface area contributed by atoms with Gasteiger partial charge in [0.05, 0.1) is 6.61 Å². The van der Waals surface area contributed by atoms with E-state index in [4.69, 9.17) is 21.1 Å². The summed E-state index contributed by atoms with van der Waals surface area (Å²) in [5.74, 6) is -0.885. The largest absolute Gasteiger partial charge is 0.478 e. The lowest BCUT2D eigenvalue weighted by Gasteiger charge is -2.20. The molecule has 2 rings (SSSR count). The summed E-state index contributed by atoms with van der Waals surface area (Å²) >= 11 is 6.02. The lowest BCUT2D eigenvalue weighted by Crippen LogP contribution is -2.30. The number of hydrogen-bond acceptors (Lipinski definition) is 5. The summed E-state index contributed by atoms with van der Waals surface area (Å²) in [5.41, 5.74) is -0.210. The van der Waals surface area contributed by atoms with Gasteiger partial charge in [-0.3, -0.25) is 9.48 Å². The summed E-state index contributed by atoms with van der Waals surface area (Å²) in [4.78, 5) is 25.2. The number of alkyl halides is 2. The smallest absolute Gasteiger partial charge is 0.347 e. The van der Waals surface area contributed by atoms with Gasteiger partial charge in [0.2, 0.25) is 0 Å². The monoisotopic (exact) mass is 485 g/mol. The Hall–Kier alpha value is -2.68. The van der Waals surface area contributed by atoms with Gasteiger partial charge in [-0.25, -0.2) is 13.6 Å². The molecule has 1 aromatic carbocycles. The zero-order valence-corrected chi connectivity index (χ0v) is 20.0. The van der Waals surface area contributed by atoms with Crippen LogP contribution in [0.1, 0.15) is 74.0 Å². The molecule has 1 N–H and O–H groups in total. The van der Waals surface area contributed by atoms with E-state index in [2.05, 4.69) is 17.3 Å². The third-order valence-electron chi connectivity index (χ3n) is 5.11. The van der Waals surface area contributed by atoms with E-state index in [0.717, 1.165) is 30.4 Å². The number of halogens is 3. The van der Waals surface area contributed by atoms with E-state index in [1.807, 2.05) is 0 Å². The molecule has 1 unspecified atom stereocenters. The summed E-state index contributed by atoms with van der Waals surface area (Å²) in [6.07, 6.45) is 0.667. The Kier molecular flexibility index (Phi) is 10.1. The van der Waals surface area contributed by atoms with Gasteiger partial charge in [-0.1, -0.05) is 43.9 Å². The highest BCUT2D eigenvalue weighted by molar-refractivity contribution is 6.33. The predicted octanol–water partition coefficient (Wildman–Crippen LogP) is 5.85. The van der Waals surface area contributed by atoms with E-state index in [1.54, 1.807) is 32.0 Å². The molecule has 0 aliphatic heterocycles. The number of esters is 1. The number of unbranched alkanes of at least 4 members (excludes halogenated alkanes) is 3. The van der Waals surface area contributed by atoms with Crippen molar-refractivity contribution in [1.29, 1.82) is 0 Å². The summed E-state index contributed by atoms with van der Waals surface area (Å²) in [6.45, 7) is 5.76. The van der Waals surface area contributed by atoms with Crippen LogP contribution < -0.4 is 10.1 Å². The standard InChI is InChI=1S/C23H30ClF2N3O4/c1-5-7-8-9-12-17(23(31)32-6-2)33-16-13-10-11-15(14(16)3)27-22(30)18-19(21(25)26)28-29(4)20(18)24/h10-11,13,17,21H,5-9,12H2,1-4H3,(H,27,30). The third-order valence-corrected chi connectivity index (χ3v) is 5.54. The topological polar surface area (TPSA) is 82.5 Å². The van der Waals surface area contributed by atoms with Crippen LogP contribution in [0.15, 0.2) is 18.2 Å². The average molecular weight is 486 g/mol. The second-order valence-corrected chi connectivity index (χ2v) is 7.92. The van der Waals surface area contributed by atoms with E-state index >= 15 is 0 Å². The third kappa shape index (κ3) is 6.90. The minimum absolute atomic E-state index is 0.192. The first kappa shape index (κ1) is 26.6. The number of benzene rings is 1. The lowest BCUT2D eigenvalue weighted by molar-refractivity contribution is -0.151. The number of nitrogens with one attached hydrogen (secondary N) is 1. The average Bonchev–Trinajstić information content (AvgIpc) is 3.07. The highest BCUT2D eigenvalue weighted by Crippen LogP contribution is 2.31. The number of amides is 1. The number of anilines is 1. The maximum atomic E-state index is 13.3. The van der Waals surface area contributed by atoms with Crippen molar-refractivity contribution in [1.82, 2.24) is 9.78 Å². The van der Waals surface area contributed by atoms with Crippen molar-refractivity contribution in [3.05, 3.63) is 40.2 Å². The van der Waals surface area contributed by atoms with Crippen LogP contribution in [-0.4, -0.2) is 34.4 Å². The van der Waals surface area contributed by atoms with Gasteiger partial charge in [0.25, 0.3) is 12.3 Å². The van der Waals surface area contributed by atoms with Gasteiger partial charge in [0.1, 0.15) is 22.2 Å². The maximum Gasteiger partial charge on any atom is 0.347 e. The van der Waals surface area contributed by atoms with Gasteiger partial charge in [-0.05, 0) is 38.8 Å². The zero-order valence-electron chi connectivity index (χ0n) is 19.3. The normalized spacial score (nSPS) is 12.0. The molecule has 0 aliphatic carbocycles. The Morgan fingerprint density at radius 3 is 2.58 bits per heavy atom. The van der Waals surface area contributed by atoms with Gasteiger partial charge in [-0.15, -0.1) is 0 Å². The van der Waals surface area contributed by atoms with E-state index in [-0.39, 0.29) is 17.3 Å². The van der Waals surface area contributed by atoms with Gasteiger partial charge in [-0.2, -0.15) is 5.10 Å². The zero-order chi connectivity index (χ0) is 24.5. The Bertz CT molecular complexity index is 965. The predicted molar refractivity (Wildman–Crippen MR) is 122 cm³/mol. The van der Waals surface area contributed by atoms with E-state index < -0.39 is 30.1 Å². The van der Waals surface area contributed by atoms with Crippen molar-refractivity contribution < 1.29 is 27.8 Å². The highest BCUT2D eigenvalue weighted by atomic mass is 35.5. The molecule has 0 saturated heterocycles. The number of aromatic nitrogens is 2. The second kappa shape index (κ2) is 12.5. The van der Waals surface area contributed by atoms with Gasteiger partial charge >= 0.3 is 5.97 Å². The number of ether oxygens (including phenoxy) is 2. The molecule has 10 heteroatoms. The molecule has 7 nitrogen and oxygen atoms in total. The quantitative estimate of drug-likeness (QED) is 0.301. The Labute approximate surface area is 197 Å². The number of hydrogen-bond donors (Lipinski definition) is 1. The van der Waals surface area contributed by atoms with Crippen LogP contribution in [0.5, 0.6) is 5.75 Å². The molecule has 1 atom stereocenters. The fourth-order valence-electron chi connectivity index (χ4n) is 3.32. The van der Waals surface area contributed by atoms with Crippen LogP contribution in [0.3, 0.4) is 0 Å². The van der Waals surface area contributed by atoms with Crippen LogP contribution >= 0.6 is 11.6 Å². The Morgan fingerprint density at radius 1 is 1.21 bits per heavy atom. The van der Waals surface area contributed by atoms with Crippen molar-refractivity contribution >= 4 is 29.2 Å². The molecule has 0 radical (unpaired) electrons. The molecule has 33 heavy (non-hydrogen) atoms. The van der Waals surface area contributed by atoms with E-state index in [0.29, 0.717) is 23.4 Å². The molecule has 1 aromatic heterocycles. The van der Waals surface area contributed by atoms with Crippen molar-refractivity contribution in [2.24, 2.45) is 7.05 Å². The Morgan fingerprint density at radius 2 is 1.94 bits per heavy atom. The molecule has 0 saturated carbocycles. The number of nitrogens with zero attached hydrogens (tertiary/aromatic N) is 2.